The van der Waals surface area contributed by atoms with Crippen LogP contribution in [0.15, 0.2) is 16.3 Å². The van der Waals surface area contributed by atoms with E-state index in [4.69, 9.17) is 0 Å². The summed E-state index contributed by atoms with van der Waals surface area (Å²) in [6.07, 6.45) is 6.14. The van der Waals surface area contributed by atoms with Gasteiger partial charge in [0.05, 0.1) is 24.0 Å². The van der Waals surface area contributed by atoms with Crippen molar-refractivity contribution in [3.05, 3.63) is 17.0 Å². The number of rotatable bonds is 6. The molecule has 174 valence electrons. The summed E-state index contributed by atoms with van der Waals surface area (Å²) in [7, 11) is -6.68. The molecule has 0 unspecified atom stereocenters. The van der Waals surface area contributed by atoms with Crippen molar-refractivity contribution in [2.45, 2.75) is 61.2 Å². The highest BCUT2D eigenvalue weighted by atomic mass is 32.2. The van der Waals surface area contributed by atoms with E-state index < -0.39 is 25.9 Å². The molecular formula is C20H31N3O5S3. The van der Waals surface area contributed by atoms with Crippen LogP contribution in [-0.2, 0) is 31.1 Å². The second-order valence-electron chi connectivity index (χ2n) is 8.78. The van der Waals surface area contributed by atoms with Crippen LogP contribution in [0.25, 0.3) is 0 Å². The van der Waals surface area contributed by atoms with Gasteiger partial charge in [0.25, 0.3) is 10.0 Å². The van der Waals surface area contributed by atoms with Gasteiger partial charge < -0.3 is 5.32 Å². The summed E-state index contributed by atoms with van der Waals surface area (Å²) in [6, 6.07) is 2.68. The fraction of sp³-hybridized carbons (Fsp3) is 0.750. The average Bonchev–Trinajstić information content (AvgIpc) is 3.33. The predicted octanol–water partition coefficient (Wildman–Crippen LogP) is 1.23. The molecule has 8 nitrogen and oxygen atoms in total. The molecule has 1 amide bonds. The van der Waals surface area contributed by atoms with Crippen molar-refractivity contribution in [3.8, 4) is 0 Å². The van der Waals surface area contributed by atoms with E-state index in [0.29, 0.717) is 18.0 Å². The zero-order valence-electron chi connectivity index (χ0n) is 17.7. The van der Waals surface area contributed by atoms with Gasteiger partial charge in [0.15, 0.2) is 9.84 Å². The topological polar surface area (TPSA) is 104 Å². The number of carbonyl (C=O) groups is 1. The molecule has 1 aromatic heterocycles. The Balaban J connectivity index is 1.39. The minimum absolute atomic E-state index is 0.0288. The van der Waals surface area contributed by atoms with E-state index in [9.17, 15) is 21.6 Å². The first-order valence-electron chi connectivity index (χ1n) is 11.1. The molecule has 0 radical (unpaired) electrons. The van der Waals surface area contributed by atoms with Gasteiger partial charge in [-0.25, -0.2) is 16.8 Å². The zero-order chi connectivity index (χ0) is 22.1. The lowest BCUT2D eigenvalue weighted by Crippen LogP contribution is -2.52. The van der Waals surface area contributed by atoms with Gasteiger partial charge in [-0.05, 0) is 50.9 Å². The van der Waals surface area contributed by atoms with E-state index in [1.165, 1.54) is 4.31 Å². The molecule has 0 aliphatic carbocycles. The number of carbonyl (C=O) groups excluding carboxylic acids is 1. The van der Waals surface area contributed by atoms with Gasteiger partial charge in [-0.15, -0.1) is 11.3 Å². The minimum atomic E-state index is -3.50. The lowest BCUT2D eigenvalue weighted by atomic mass is 10.0. The van der Waals surface area contributed by atoms with Crippen LogP contribution in [0.5, 0.6) is 0 Å². The number of nitrogens with one attached hydrogen (secondary N) is 1. The highest BCUT2D eigenvalue weighted by molar-refractivity contribution is 7.91. The second kappa shape index (κ2) is 9.46. The third kappa shape index (κ3) is 5.50. The predicted molar refractivity (Wildman–Crippen MR) is 120 cm³/mol. The Labute approximate surface area is 189 Å². The van der Waals surface area contributed by atoms with Crippen LogP contribution < -0.4 is 5.32 Å². The van der Waals surface area contributed by atoms with Crippen molar-refractivity contribution < 1.29 is 21.6 Å². The molecule has 0 bridgehead atoms. The van der Waals surface area contributed by atoms with Gasteiger partial charge >= 0.3 is 0 Å². The lowest BCUT2D eigenvalue weighted by molar-refractivity contribution is -0.121. The van der Waals surface area contributed by atoms with Crippen LogP contribution in [0, 0.1) is 0 Å². The number of sulfone groups is 1. The second-order valence-corrected chi connectivity index (χ2v) is 14.3. The molecule has 3 aliphatic heterocycles. The number of sulfonamides is 1. The maximum atomic E-state index is 12.8. The van der Waals surface area contributed by atoms with Crippen LogP contribution >= 0.6 is 11.3 Å². The summed E-state index contributed by atoms with van der Waals surface area (Å²) in [5.41, 5.74) is 0. The number of hydrogen-bond acceptors (Lipinski definition) is 7. The molecule has 1 N–H and O–H groups in total. The molecule has 3 fully saturated rings. The maximum absolute atomic E-state index is 12.8. The molecule has 0 spiro atoms. The number of nitrogens with zero attached hydrogens (tertiary/aromatic N) is 2. The van der Waals surface area contributed by atoms with Gasteiger partial charge in [0.2, 0.25) is 5.91 Å². The number of thiophene rings is 1. The molecule has 0 saturated carbocycles. The molecule has 11 heteroatoms. The Morgan fingerprint density at radius 2 is 1.65 bits per heavy atom. The van der Waals surface area contributed by atoms with Crippen LogP contribution in [-0.4, -0.2) is 81.7 Å². The first-order chi connectivity index (χ1) is 14.7. The first-order valence-corrected chi connectivity index (χ1v) is 15.2. The summed E-state index contributed by atoms with van der Waals surface area (Å²) in [5.74, 6) is -0.193. The van der Waals surface area contributed by atoms with E-state index >= 15 is 0 Å². The highest BCUT2D eigenvalue weighted by Crippen LogP contribution is 2.28. The highest BCUT2D eigenvalue weighted by Gasteiger charge is 2.42. The number of hydrogen-bond donors (Lipinski definition) is 1. The Morgan fingerprint density at radius 1 is 1.00 bits per heavy atom. The van der Waals surface area contributed by atoms with E-state index in [2.05, 4.69) is 10.2 Å². The van der Waals surface area contributed by atoms with Gasteiger partial charge in [-0.2, -0.15) is 4.31 Å². The Morgan fingerprint density at radius 3 is 2.32 bits per heavy atom. The molecule has 0 aromatic carbocycles. The van der Waals surface area contributed by atoms with E-state index in [1.54, 1.807) is 12.1 Å². The van der Waals surface area contributed by atoms with Crippen LogP contribution in [0.4, 0.5) is 0 Å². The summed E-state index contributed by atoms with van der Waals surface area (Å²) >= 11 is 1.13. The average molecular weight is 490 g/mol. The van der Waals surface area contributed by atoms with Gasteiger partial charge in [-0.3, -0.25) is 9.69 Å². The molecule has 31 heavy (non-hydrogen) atoms. The fourth-order valence-corrected chi connectivity index (χ4v) is 9.80. The first kappa shape index (κ1) is 23.2. The van der Waals surface area contributed by atoms with Crippen molar-refractivity contribution in [3.63, 3.8) is 0 Å². The fourth-order valence-electron chi connectivity index (χ4n) is 4.82. The molecular weight excluding hydrogens is 458 g/mol. The largest absolute Gasteiger partial charge is 0.350 e. The van der Waals surface area contributed by atoms with Crippen LogP contribution in [0.2, 0.25) is 0 Å². The van der Waals surface area contributed by atoms with Crippen molar-refractivity contribution in [2.24, 2.45) is 0 Å². The number of amides is 1. The maximum Gasteiger partial charge on any atom is 0.252 e. The SMILES string of the molecule is O=C(Cc1ccc(S(=O)(=O)N2CCCCC2)s1)N[C@@H]1CS(=O)(=O)C[C@H]1N1CCCCC1. The number of piperidine rings is 2. The van der Waals surface area contributed by atoms with E-state index in [0.717, 1.165) is 63.0 Å². The zero-order valence-corrected chi connectivity index (χ0v) is 20.1. The normalized spacial score (nSPS) is 27.9. The number of likely N-dealkylation sites (tertiary alicyclic amines) is 1. The van der Waals surface area contributed by atoms with Crippen molar-refractivity contribution in [1.29, 1.82) is 0 Å². The molecule has 1 aromatic rings. The van der Waals surface area contributed by atoms with Gasteiger partial charge in [-0.1, -0.05) is 12.8 Å². The van der Waals surface area contributed by atoms with E-state index in [-0.39, 0.29) is 34.1 Å². The quantitative estimate of drug-likeness (QED) is 0.645. The third-order valence-corrected chi connectivity index (χ3v) is 11.6. The monoisotopic (exact) mass is 489 g/mol. The Bertz CT molecular complexity index is 993. The molecule has 2 atom stereocenters. The molecule has 4 heterocycles. The van der Waals surface area contributed by atoms with Crippen LogP contribution in [0.1, 0.15) is 43.4 Å². The van der Waals surface area contributed by atoms with Gasteiger partial charge in [0, 0.05) is 24.0 Å². The molecule has 4 rings (SSSR count). The summed E-state index contributed by atoms with van der Waals surface area (Å²) in [5, 5.41) is 2.93. The van der Waals surface area contributed by atoms with Gasteiger partial charge in [0.1, 0.15) is 4.21 Å². The molecule has 3 aliphatic rings. The lowest BCUT2D eigenvalue weighted by Gasteiger charge is -2.35. The molecule has 3 saturated heterocycles. The van der Waals surface area contributed by atoms with Crippen molar-refractivity contribution in [2.75, 3.05) is 37.7 Å². The van der Waals surface area contributed by atoms with Crippen LogP contribution in [0.3, 0.4) is 0 Å². The van der Waals surface area contributed by atoms with E-state index in [1.807, 2.05) is 0 Å². The third-order valence-electron chi connectivity index (χ3n) is 6.41. The Kier molecular flexibility index (Phi) is 7.07. The Hall–Kier alpha value is -1.01. The summed E-state index contributed by atoms with van der Waals surface area (Å²) in [6.45, 7) is 2.83. The van der Waals surface area contributed by atoms with Crippen molar-refractivity contribution >= 4 is 37.1 Å². The minimum Gasteiger partial charge on any atom is -0.350 e. The standard InChI is InChI=1S/C20H31N3O5S3/c24-19(21-17-14-30(25,26)15-18(17)22-9-3-1-4-10-22)13-16-7-8-20(29-16)31(27,28)23-11-5-2-6-12-23/h7-8,17-18H,1-6,9-15H2,(H,21,24)/t17-,18-/m1/s1. The summed E-state index contributed by atoms with van der Waals surface area (Å²) in [4.78, 5) is 15.6. The van der Waals surface area contributed by atoms with Crippen molar-refractivity contribution in [1.82, 2.24) is 14.5 Å². The smallest absolute Gasteiger partial charge is 0.252 e. The summed E-state index contributed by atoms with van der Waals surface area (Å²) < 4.78 is 51.9.